The maximum Gasteiger partial charge on any atom is 0.269 e. The molecule has 0 saturated carbocycles. The highest BCUT2D eigenvalue weighted by Crippen LogP contribution is 2.13. The predicted molar refractivity (Wildman–Crippen MR) is 61.5 cm³/mol. The number of nitro benzene ring substituents is 1. The summed E-state index contributed by atoms with van der Waals surface area (Å²) < 4.78 is 0. The zero-order valence-electron chi connectivity index (χ0n) is 9.42. The van der Waals surface area contributed by atoms with Crippen molar-refractivity contribution in [2.45, 2.75) is 19.4 Å². The van der Waals surface area contributed by atoms with Gasteiger partial charge in [-0.2, -0.15) is 0 Å². The Bertz CT molecular complexity index is 420. The van der Waals surface area contributed by atoms with Crippen molar-refractivity contribution in [2.75, 3.05) is 6.61 Å². The average Bonchev–Trinajstić information content (AvgIpc) is 2.28. The first kappa shape index (κ1) is 13.1. The van der Waals surface area contributed by atoms with Crippen molar-refractivity contribution in [1.29, 1.82) is 0 Å². The summed E-state index contributed by atoms with van der Waals surface area (Å²) in [7, 11) is 0. The van der Waals surface area contributed by atoms with Crippen LogP contribution >= 0.6 is 0 Å². The highest BCUT2D eigenvalue weighted by molar-refractivity contribution is 5.79. The fourth-order valence-electron chi connectivity index (χ4n) is 1.34. The Hall–Kier alpha value is -1.95. The molecule has 1 atom stereocenters. The van der Waals surface area contributed by atoms with Crippen LogP contribution in [-0.2, 0) is 11.2 Å². The molecule has 17 heavy (non-hydrogen) atoms. The molecule has 1 aromatic carbocycles. The first-order chi connectivity index (χ1) is 8.02. The summed E-state index contributed by atoms with van der Waals surface area (Å²) >= 11 is 0. The maximum absolute atomic E-state index is 11.5. The maximum atomic E-state index is 11.5. The predicted octanol–water partition coefficient (Wildman–Crippen LogP) is 0.634. The van der Waals surface area contributed by atoms with Gasteiger partial charge in [-0.05, 0) is 12.5 Å². The molecule has 1 rings (SSSR count). The molecule has 0 aromatic heterocycles. The van der Waals surface area contributed by atoms with Crippen molar-refractivity contribution in [3.63, 3.8) is 0 Å². The molecular weight excluding hydrogens is 224 g/mol. The molecule has 1 amide bonds. The average molecular weight is 238 g/mol. The van der Waals surface area contributed by atoms with Crippen LogP contribution in [0.15, 0.2) is 24.3 Å². The number of aliphatic hydroxyl groups is 1. The molecule has 0 aliphatic heterocycles. The van der Waals surface area contributed by atoms with E-state index in [1.165, 1.54) is 18.2 Å². The van der Waals surface area contributed by atoms with Crippen LogP contribution in [0, 0.1) is 10.1 Å². The molecule has 0 radical (unpaired) electrons. The Morgan fingerprint density at radius 1 is 1.59 bits per heavy atom. The SMILES string of the molecule is C[C@@H](CO)NC(=O)Cc1cccc([N+](=O)[O-])c1. The van der Waals surface area contributed by atoms with Gasteiger partial charge in [0.05, 0.1) is 18.0 Å². The minimum absolute atomic E-state index is 0.0366. The van der Waals surface area contributed by atoms with Crippen molar-refractivity contribution in [2.24, 2.45) is 0 Å². The van der Waals surface area contributed by atoms with Gasteiger partial charge < -0.3 is 10.4 Å². The fourth-order valence-corrected chi connectivity index (χ4v) is 1.34. The number of benzene rings is 1. The number of carbonyl (C=O) groups excluding carboxylic acids is 1. The fraction of sp³-hybridized carbons (Fsp3) is 0.364. The molecule has 92 valence electrons. The summed E-state index contributed by atoms with van der Waals surface area (Å²) in [4.78, 5) is 21.5. The minimum Gasteiger partial charge on any atom is -0.394 e. The molecule has 0 saturated heterocycles. The van der Waals surface area contributed by atoms with Gasteiger partial charge in [-0.1, -0.05) is 12.1 Å². The van der Waals surface area contributed by atoms with Crippen molar-refractivity contribution in [3.8, 4) is 0 Å². The number of hydrogen-bond donors (Lipinski definition) is 2. The molecule has 6 heteroatoms. The van der Waals surface area contributed by atoms with Gasteiger partial charge in [0, 0.05) is 18.2 Å². The molecule has 0 unspecified atom stereocenters. The molecule has 6 nitrogen and oxygen atoms in total. The Labute approximate surface area is 98.4 Å². The quantitative estimate of drug-likeness (QED) is 0.581. The number of nitro groups is 1. The largest absolute Gasteiger partial charge is 0.394 e. The molecular formula is C11H14N2O4. The highest BCUT2D eigenvalue weighted by Gasteiger charge is 2.10. The second-order valence-electron chi connectivity index (χ2n) is 3.75. The lowest BCUT2D eigenvalue weighted by molar-refractivity contribution is -0.384. The lowest BCUT2D eigenvalue weighted by Gasteiger charge is -2.10. The molecule has 1 aromatic rings. The van der Waals surface area contributed by atoms with Gasteiger partial charge in [0.1, 0.15) is 0 Å². The van der Waals surface area contributed by atoms with E-state index in [2.05, 4.69) is 5.32 Å². The third kappa shape index (κ3) is 4.20. The normalized spacial score (nSPS) is 11.9. The van der Waals surface area contributed by atoms with Crippen LogP contribution in [0.3, 0.4) is 0 Å². The van der Waals surface area contributed by atoms with E-state index >= 15 is 0 Å². The Morgan fingerprint density at radius 3 is 2.88 bits per heavy atom. The summed E-state index contributed by atoms with van der Waals surface area (Å²) in [5.74, 6) is -0.271. The van der Waals surface area contributed by atoms with Crippen LogP contribution in [-0.4, -0.2) is 28.6 Å². The van der Waals surface area contributed by atoms with E-state index in [1.54, 1.807) is 13.0 Å². The molecule has 0 aliphatic carbocycles. The number of nitrogens with zero attached hydrogens (tertiary/aromatic N) is 1. The van der Waals surface area contributed by atoms with Crippen molar-refractivity contribution in [1.82, 2.24) is 5.32 Å². The first-order valence-electron chi connectivity index (χ1n) is 5.16. The van der Waals surface area contributed by atoms with E-state index in [1.807, 2.05) is 0 Å². The van der Waals surface area contributed by atoms with Gasteiger partial charge in [0.25, 0.3) is 5.69 Å². The summed E-state index contributed by atoms with van der Waals surface area (Å²) in [5.41, 5.74) is 0.535. The van der Waals surface area contributed by atoms with E-state index < -0.39 is 4.92 Å². The monoisotopic (exact) mass is 238 g/mol. The Balaban J connectivity index is 2.65. The van der Waals surface area contributed by atoms with Crippen molar-refractivity contribution >= 4 is 11.6 Å². The molecule has 0 heterocycles. The van der Waals surface area contributed by atoms with Gasteiger partial charge in [0.2, 0.25) is 5.91 Å². The molecule has 0 aliphatic rings. The van der Waals surface area contributed by atoms with Crippen molar-refractivity contribution < 1.29 is 14.8 Å². The number of carbonyl (C=O) groups is 1. The number of aliphatic hydroxyl groups excluding tert-OH is 1. The van der Waals surface area contributed by atoms with Gasteiger partial charge in [-0.3, -0.25) is 14.9 Å². The van der Waals surface area contributed by atoms with Gasteiger partial charge in [-0.25, -0.2) is 0 Å². The van der Waals surface area contributed by atoms with Crippen LogP contribution in [0.25, 0.3) is 0 Å². The van der Waals surface area contributed by atoms with Crippen LogP contribution in [0.4, 0.5) is 5.69 Å². The summed E-state index contributed by atoms with van der Waals surface area (Å²) in [6, 6.07) is 5.61. The number of rotatable bonds is 5. The molecule has 0 spiro atoms. The lowest BCUT2D eigenvalue weighted by atomic mass is 10.1. The van der Waals surface area contributed by atoms with Crippen LogP contribution < -0.4 is 5.32 Å². The van der Waals surface area contributed by atoms with E-state index in [0.717, 1.165) is 0 Å². The van der Waals surface area contributed by atoms with E-state index in [4.69, 9.17) is 5.11 Å². The molecule has 2 N–H and O–H groups in total. The summed E-state index contributed by atoms with van der Waals surface area (Å²) in [5, 5.41) is 21.9. The Kier molecular flexibility index (Phi) is 4.59. The van der Waals surface area contributed by atoms with Gasteiger partial charge in [-0.15, -0.1) is 0 Å². The second kappa shape index (κ2) is 5.95. The highest BCUT2D eigenvalue weighted by atomic mass is 16.6. The summed E-state index contributed by atoms with van der Waals surface area (Å²) in [6.45, 7) is 1.53. The van der Waals surface area contributed by atoms with Gasteiger partial charge in [0.15, 0.2) is 0 Å². The third-order valence-corrected chi connectivity index (χ3v) is 2.17. The van der Waals surface area contributed by atoms with Crippen molar-refractivity contribution in [3.05, 3.63) is 39.9 Å². The Morgan fingerprint density at radius 2 is 2.29 bits per heavy atom. The standard InChI is InChI=1S/C11H14N2O4/c1-8(7-14)12-11(15)6-9-3-2-4-10(5-9)13(16)17/h2-5,8,14H,6-7H2,1H3,(H,12,15)/t8-/m0/s1. The second-order valence-corrected chi connectivity index (χ2v) is 3.75. The number of non-ortho nitro benzene ring substituents is 1. The number of nitrogens with one attached hydrogen (secondary N) is 1. The van der Waals surface area contributed by atoms with E-state index in [-0.39, 0.29) is 30.7 Å². The van der Waals surface area contributed by atoms with Crippen LogP contribution in [0.2, 0.25) is 0 Å². The van der Waals surface area contributed by atoms with Gasteiger partial charge >= 0.3 is 0 Å². The van der Waals surface area contributed by atoms with E-state index in [9.17, 15) is 14.9 Å². The smallest absolute Gasteiger partial charge is 0.269 e. The molecule has 0 fully saturated rings. The topological polar surface area (TPSA) is 92.5 Å². The van der Waals surface area contributed by atoms with E-state index in [0.29, 0.717) is 5.56 Å². The zero-order chi connectivity index (χ0) is 12.8. The number of amides is 1. The third-order valence-electron chi connectivity index (χ3n) is 2.17. The minimum atomic E-state index is -0.502. The first-order valence-corrected chi connectivity index (χ1v) is 5.16. The lowest BCUT2D eigenvalue weighted by Crippen LogP contribution is -2.35. The number of hydrogen-bond acceptors (Lipinski definition) is 4. The van der Waals surface area contributed by atoms with Crippen LogP contribution in [0.1, 0.15) is 12.5 Å². The molecule has 0 bridgehead atoms. The van der Waals surface area contributed by atoms with Crippen LogP contribution in [0.5, 0.6) is 0 Å². The summed E-state index contributed by atoms with van der Waals surface area (Å²) in [6.07, 6.45) is 0.0615. The zero-order valence-corrected chi connectivity index (χ0v) is 9.42.